The van der Waals surface area contributed by atoms with Gasteiger partial charge in [0.1, 0.15) is 5.15 Å². The summed E-state index contributed by atoms with van der Waals surface area (Å²) in [4.78, 5) is 19.6. The van der Waals surface area contributed by atoms with Gasteiger partial charge in [0.15, 0.2) is 0 Å². The lowest BCUT2D eigenvalue weighted by Gasteiger charge is -2.05. The second-order valence-electron chi connectivity index (χ2n) is 3.72. The lowest BCUT2D eigenvalue weighted by Crippen LogP contribution is -2.16. The van der Waals surface area contributed by atoms with E-state index in [2.05, 4.69) is 20.4 Å². The van der Waals surface area contributed by atoms with Crippen LogP contribution in [0.4, 0.5) is 5.95 Å². The molecule has 0 aliphatic carbocycles. The molecule has 0 aromatic carbocycles. The Bertz CT molecular complexity index is 520. The summed E-state index contributed by atoms with van der Waals surface area (Å²) in [5.41, 5.74) is 0.706. The van der Waals surface area contributed by atoms with Gasteiger partial charge in [-0.3, -0.25) is 14.8 Å². The van der Waals surface area contributed by atoms with Crippen LogP contribution in [0, 0.1) is 6.92 Å². The van der Waals surface area contributed by atoms with Gasteiger partial charge in [0.05, 0.1) is 0 Å². The maximum Gasteiger partial charge on any atom is 0.231 e. The molecule has 2 rings (SSSR count). The summed E-state index contributed by atoms with van der Waals surface area (Å²) in [6.45, 7) is 2.30. The lowest BCUT2D eigenvalue weighted by atomic mass is 10.4. The fourth-order valence-electron chi connectivity index (χ4n) is 1.42. The normalized spacial score (nSPS) is 10.3. The zero-order chi connectivity index (χ0) is 13.0. The molecule has 0 unspecified atom stereocenters. The van der Waals surface area contributed by atoms with E-state index >= 15 is 0 Å². The van der Waals surface area contributed by atoms with Gasteiger partial charge in [-0.25, -0.2) is 9.97 Å². The molecule has 0 bridgehead atoms. The average Bonchev–Trinajstić information content (AvgIpc) is 2.77. The number of hydrogen-bond acceptors (Lipinski definition) is 4. The summed E-state index contributed by atoms with van der Waals surface area (Å²) in [5.74, 6) is 0.0534. The highest BCUT2D eigenvalue weighted by atomic mass is 35.5. The molecule has 94 valence electrons. The Balaban J connectivity index is 1.90. The molecule has 7 heteroatoms. The molecular formula is C11H12ClN5O. The number of hydrogen-bond donors (Lipinski definition) is 1. The minimum absolute atomic E-state index is 0.174. The van der Waals surface area contributed by atoms with Crippen LogP contribution in [0.5, 0.6) is 0 Å². The summed E-state index contributed by atoms with van der Waals surface area (Å²) < 4.78 is 1.68. The number of nitrogens with zero attached hydrogens (tertiary/aromatic N) is 4. The van der Waals surface area contributed by atoms with Gasteiger partial charge in [-0.05, 0) is 19.1 Å². The van der Waals surface area contributed by atoms with E-state index in [1.807, 2.05) is 0 Å². The molecule has 0 radical (unpaired) electrons. The first-order valence-corrected chi connectivity index (χ1v) is 5.80. The number of anilines is 1. The average molecular weight is 266 g/mol. The second-order valence-corrected chi connectivity index (χ2v) is 4.11. The molecule has 2 aromatic heterocycles. The van der Waals surface area contributed by atoms with E-state index in [4.69, 9.17) is 11.6 Å². The summed E-state index contributed by atoms with van der Waals surface area (Å²) in [7, 11) is 0. The molecule has 0 atom stereocenters. The third-order valence-corrected chi connectivity index (χ3v) is 2.39. The van der Waals surface area contributed by atoms with Crippen LogP contribution in [0.2, 0.25) is 5.15 Å². The molecule has 2 aromatic rings. The van der Waals surface area contributed by atoms with Crippen LogP contribution in [0.25, 0.3) is 0 Å². The van der Waals surface area contributed by atoms with Crippen LogP contribution in [-0.4, -0.2) is 25.7 Å². The van der Waals surface area contributed by atoms with Crippen LogP contribution < -0.4 is 5.32 Å². The van der Waals surface area contributed by atoms with Crippen molar-refractivity contribution < 1.29 is 4.79 Å². The molecule has 1 amide bonds. The number of carbonyl (C=O) groups is 1. The molecule has 0 aliphatic heterocycles. The number of rotatable bonds is 4. The highest BCUT2D eigenvalue weighted by Crippen LogP contribution is 2.09. The quantitative estimate of drug-likeness (QED) is 0.854. The van der Waals surface area contributed by atoms with Gasteiger partial charge in [-0.1, -0.05) is 11.6 Å². The van der Waals surface area contributed by atoms with Crippen LogP contribution >= 0.6 is 11.6 Å². The van der Waals surface area contributed by atoms with Crippen LogP contribution in [0.15, 0.2) is 24.5 Å². The van der Waals surface area contributed by atoms with Crippen LogP contribution in [0.1, 0.15) is 12.1 Å². The van der Waals surface area contributed by atoms with Crippen molar-refractivity contribution >= 4 is 23.5 Å². The molecule has 0 aliphatic rings. The van der Waals surface area contributed by atoms with Gasteiger partial charge in [-0.2, -0.15) is 5.10 Å². The minimum Gasteiger partial charge on any atom is -0.294 e. The van der Waals surface area contributed by atoms with E-state index < -0.39 is 0 Å². The number of aryl methyl sites for hydroxylation is 2. The Morgan fingerprint density at radius 2 is 2.33 bits per heavy atom. The van der Waals surface area contributed by atoms with E-state index in [-0.39, 0.29) is 11.9 Å². The fraction of sp³-hybridized carbons (Fsp3) is 0.273. The maximum atomic E-state index is 11.7. The summed E-state index contributed by atoms with van der Waals surface area (Å²) in [6, 6.07) is 3.43. The zero-order valence-electron chi connectivity index (χ0n) is 9.80. The summed E-state index contributed by atoms with van der Waals surface area (Å²) in [5, 5.41) is 6.92. The smallest absolute Gasteiger partial charge is 0.231 e. The second kappa shape index (κ2) is 5.59. The third kappa shape index (κ3) is 3.53. The molecule has 6 nitrogen and oxygen atoms in total. The van der Waals surface area contributed by atoms with Gasteiger partial charge < -0.3 is 0 Å². The molecule has 1 N–H and O–H groups in total. The van der Waals surface area contributed by atoms with Crippen molar-refractivity contribution in [1.82, 2.24) is 19.7 Å². The molecule has 0 fully saturated rings. The van der Waals surface area contributed by atoms with Gasteiger partial charge in [-0.15, -0.1) is 0 Å². The van der Waals surface area contributed by atoms with Gasteiger partial charge in [0.2, 0.25) is 11.9 Å². The number of aromatic nitrogens is 4. The number of amides is 1. The Labute approximate surface area is 109 Å². The molecule has 0 spiro atoms. The Hall–Kier alpha value is -1.95. The first-order valence-electron chi connectivity index (χ1n) is 5.42. The van der Waals surface area contributed by atoms with Gasteiger partial charge in [0, 0.05) is 31.1 Å². The molecular weight excluding hydrogens is 254 g/mol. The van der Waals surface area contributed by atoms with Gasteiger partial charge >= 0.3 is 0 Å². The first-order chi connectivity index (χ1) is 8.63. The summed E-state index contributed by atoms with van der Waals surface area (Å²) in [6.07, 6.45) is 3.77. The number of halogens is 1. The van der Waals surface area contributed by atoms with Crippen molar-refractivity contribution in [2.75, 3.05) is 5.32 Å². The number of carbonyl (C=O) groups excluding carboxylic acids is 1. The van der Waals surface area contributed by atoms with Crippen molar-refractivity contribution in [3.63, 3.8) is 0 Å². The van der Waals surface area contributed by atoms with Crippen molar-refractivity contribution in [2.24, 2.45) is 0 Å². The van der Waals surface area contributed by atoms with Crippen molar-refractivity contribution in [3.8, 4) is 0 Å². The van der Waals surface area contributed by atoms with E-state index in [0.29, 0.717) is 23.8 Å². The maximum absolute atomic E-state index is 11.7. The van der Waals surface area contributed by atoms with Crippen molar-refractivity contribution in [1.29, 1.82) is 0 Å². The van der Waals surface area contributed by atoms with Crippen LogP contribution in [-0.2, 0) is 11.3 Å². The topological polar surface area (TPSA) is 72.7 Å². The highest BCUT2D eigenvalue weighted by molar-refractivity contribution is 6.29. The predicted molar refractivity (Wildman–Crippen MR) is 67.3 cm³/mol. The molecule has 18 heavy (non-hydrogen) atoms. The molecule has 0 saturated heterocycles. The monoisotopic (exact) mass is 265 g/mol. The Kier molecular flexibility index (Phi) is 3.88. The third-order valence-electron chi connectivity index (χ3n) is 2.20. The SMILES string of the molecule is Cc1cc(Cl)nc(NC(=O)CCn2cccn2)n1. The van der Waals surface area contributed by atoms with E-state index in [1.54, 1.807) is 36.1 Å². The summed E-state index contributed by atoms with van der Waals surface area (Å²) >= 11 is 5.78. The van der Waals surface area contributed by atoms with Crippen LogP contribution in [0.3, 0.4) is 0 Å². The number of nitrogens with one attached hydrogen (secondary N) is 1. The lowest BCUT2D eigenvalue weighted by molar-refractivity contribution is -0.116. The van der Waals surface area contributed by atoms with Gasteiger partial charge in [0.25, 0.3) is 0 Å². The largest absolute Gasteiger partial charge is 0.294 e. The van der Waals surface area contributed by atoms with E-state index in [1.165, 1.54) is 0 Å². The van der Waals surface area contributed by atoms with Crippen molar-refractivity contribution in [2.45, 2.75) is 19.9 Å². The Morgan fingerprint density at radius 1 is 1.50 bits per heavy atom. The fourth-order valence-corrected chi connectivity index (χ4v) is 1.66. The van der Waals surface area contributed by atoms with E-state index in [0.717, 1.165) is 0 Å². The highest BCUT2D eigenvalue weighted by Gasteiger charge is 2.06. The Morgan fingerprint density at radius 3 is 3.00 bits per heavy atom. The molecule has 0 saturated carbocycles. The minimum atomic E-state index is -0.174. The molecule has 2 heterocycles. The first kappa shape index (κ1) is 12.5. The predicted octanol–water partition coefficient (Wildman–Crippen LogP) is 1.66. The van der Waals surface area contributed by atoms with Crippen molar-refractivity contribution in [3.05, 3.63) is 35.4 Å². The zero-order valence-corrected chi connectivity index (χ0v) is 10.6. The van der Waals surface area contributed by atoms with E-state index in [9.17, 15) is 4.79 Å². The standard InChI is InChI=1S/C11H12ClN5O/c1-8-7-9(12)15-11(14-8)16-10(18)3-6-17-5-2-4-13-17/h2,4-5,7H,3,6H2,1H3,(H,14,15,16,18).